The number of hydrogen-bond acceptors (Lipinski definition) is 5. The maximum Gasteiger partial charge on any atom is 0.244 e. The van der Waals surface area contributed by atoms with Crippen LogP contribution >= 0.6 is 15.9 Å². The minimum atomic E-state index is -3.90. The van der Waals surface area contributed by atoms with Gasteiger partial charge in [-0.2, -0.15) is 0 Å². The maximum absolute atomic E-state index is 14.2. The second-order valence-corrected chi connectivity index (χ2v) is 12.8. The van der Waals surface area contributed by atoms with E-state index in [-0.39, 0.29) is 24.6 Å². The summed E-state index contributed by atoms with van der Waals surface area (Å²) >= 11 is 3.44. The summed E-state index contributed by atoms with van der Waals surface area (Å²) in [7, 11) is -2.45. The fraction of sp³-hybridized carbons (Fsp3) is 0.355. The van der Waals surface area contributed by atoms with E-state index in [4.69, 9.17) is 4.74 Å². The standard InChI is InChI=1S/C31H38BrN3O5S/c1-5-6-18-33-31(37)28(20-24-10-8-7-9-11-24)34(21-25-13-15-26(32)16-14-25)30(36)22-35(41(4,38)39)27-19-23(2)12-17-29(27)40-3/h7-17,19,28H,5-6,18,20-22H2,1-4H3,(H,33,37)/t28-/m0/s1. The predicted molar refractivity (Wildman–Crippen MR) is 166 cm³/mol. The normalized spacial score (nSPS) is 11.9. The molecule has 10 heteroatoms. The molecule has 0 saturated heterocycles. The predicted octanol–water partition coefficient (Wildman–Crippen LogP) is 5.09. The lowest BCUT2D eigenvalue weighted by Gasteiger charge is -2.33. The number of carbonyl (C=O) groups is 2. The number of halogens is 1. The van der Waals surface area contributed by atoms with Crippen molar-refractivity contribution in [1.82, 2.24) is 10.2 Å². The molecule has 0 fully saturated rings. The van der Waals surface area contributed by atoms with Crippen LogP contribution in [-0.2, 0) is 32.6 Å². The largest absolute Gasteiger partial charge is 0.495 e. The van der Waals surface area contributed by atoms with Crippen molar-refractivity contribution in [2.75, 3.05) is 30.8 Å². The van der Waals surface area contributed by atoms with Crippen LogP contribution < -0.4 is 14.4 Å². The Morgan fingerprint density at radius 3 is 2.29 bits per heavy atom. The van der Waals surface area contributed by atoms with Crippen molar-refractivity contribution in [3.63, 3.8) is 0 Å². The summed E-state index contributed by atoms with van der Waals surface area (Å²) in [5, 5.41) is 2.98. The molecule has 0 bridgehead atoms. The summed E-state index contributed by atoms with van der Waals surface area (Å²) in [6.45, 7) is 3.98. The van der Waals surface area contributed by atoms with Gasteiger partial charge in [0.1, 0.15) is 18.3 Å². The van der Waals surface area contributed by atoms with Crippen molar-refractivity contribution < 1.29 is 22.7 Å². The Bertz CT molecular complexity index is 1420. The zero-order chi connectivity index (χ0) is 30.0. The number of benzene rings is 3. The van der Waals surface area contributed by atoms with E-state index in [0.29, 0.717) is 12.3 Å². The number of anilines is 1. The molecule has 3 rings (SSSR count). The highest BCUT2D eigenvalue weighted by Gasteiger charge is 2.33. The van der Waals surface area contributed by atoms with Crippen molar-refractivity contribution >= 4 is 43.5 Å². The van der Waals surface area contributed by atoms with Crippen molar-refractivity contribution in [2.24, 2.45) is 0 Å². The number of aryl methyl sites for hydroxylation is 1. The van der Waals surface area contributed by atoms with Crippen molar-refractivity contribution in [1.29, 1.82) is 0 Å². The number of ether oxygens (including phenoxy) is 1. The van der Waals surface area contributed by atoms with E-state index in [0.717, 1.165) is 44.6 Å². The van der Waals surface area contributed by atoms with Crippen molar-refractivity contribution in [3.05, 3.63) is 94.0 Å². The van der Waals surface area contributed by atoms with Crippen LogP contribution in [0.4, 0.5) is 5.69 Å². The van der Waals surface area contributed by atoms with Gasteiger partial charge in [-0.1, -0.05) is 77.8 Å². The second-order valence-electron chi connectivity index (χ2n) is 9.94. The van der Waals surface area contributed by atoms with Crippen LogP contribution in [0.15, 0.2) is 77.3 Å². The van der Waals surface area contributed by atoms with Crippen molar-refractivity contribution in [2.45, 2.75) is 45.7 Å². The molecule has 0 radical (unpaired) electrons. The van der Waals surface area contributed by atoms with Gasteiger partial charge in [0.25, 0.3) is 0 Å². The molecule has 220 valence electrons. The molecule has 0 saturated carbocycles. The van der Waals surface area contributed by atoms with Gasteiger partial charge in [-0.3, -0.25) is 13.9 Å². The zero-order valence-corrected chi connectivity index (χ0v) is 26.4. The first kappa shape index (κ1) is 32.1. The molecule has 0 aliphatic carbocycles. The summed E-state index contributed by atoms with van der Waals surface area (Å²) in [4.78, 5) is 29.3. The number of methoxy groups -OCH3 is 1. The van der Waals surface area contributed by atoms with Gasteiger partial charge in [-0.25, -0.2) is 8.42 Å². The highest BCUT2D eigenvalue weighted by molar-refractivity contribution is 9.10. The van der Waals surface area contributed by atoms with E-state index in [1.807, 2.05) is 68.4 Å². The number of rotatable bonds is 14. The molecule has 0 unspecified atom stereocenters. The number of sulfonamides is 1. The fourth-order valence-corrected chi connectivity index (χ4v) is 5.55. The third kappa shape index (κ3) is 9.33. The van der Waals surface area contributed by atoms with Gasteiger partial charge in [0, 0.05) is 24.0 Å². The molecular formula is C31H38BrN3O5S. The lowest BCUT2D eigenvalue weighted by molar-refractivity contribution is -0.140. The van der Waals surface area contributed by atoms with Crippen molar-refractivity contribution in [3.8, 4) is 5.75 Å². The summed E-state index contributed by atoms with van der Waals surface area (Å²) in [6.07, 6.45) is 3.04. The molecule has 3 aromatic rings. The molecule has 8 nitrogen and oxygen atoms in total. The SMILES string of the molecule is CCCCNC(=O)[C@H](Cc1ccccc1)N(Cc1ccc(Br)cc1)C(=O)CN(c1cc(C)ccc1OC)S(C)(=O)=O. The fourth-order valence-electron chi connectivity index (χ4n) is 4.44. The Morgan fingerprint density at radius 1 is 1.00 bits per heavy atom. The molecule has 0 aliphatic heterocycles. The third-order valence-corrected chi connectivity index (χ3v) is 8.30. The molecule has 2 amide bonds. The van der Waals surface area contributed by atoms with Crippen LogP contribution in [0, 0.1) is 6.92 Å². The molecule has 0 heterocycles. The van der Waals surface area contributed by atoms with E-state index in [1.54, 1.807) is 18.2 Å². The highest BCUT2D eigenvalue weighted by atomic mass is 79.9. The highest BCUT2D eigenvalue weighted by Crippen LogP contribution is 2.31. The Labute approximate surface area is 251 Å². The molecule has 0 aliphatic rings. The van der Waals surface area contributed by atoms with Crippen LogP contribution in [-0.4, -0.2) is 57.6 Å². The van der Waals surface area contributed by atoms with Crippen LogP contribution in [0.1, 0.15) is 36.5 Å². The monoisotopic (exact) mass is 643 g/mol. The summed E-state index contributed by atoms with van der Waals surface area (Å²) in [5.74, 6) is -0.466. The first-order valence-corrected chi connectivity index (χ1v) is 16.2. The van der Waals surface area contributed by atoms with Crippen LogP contribution in [0.3, 0.4) is 0 Å². The van der Waals surface area contributed by atoms with E-state index >= 15 is 0 Å². The summed E-state index contributed by atoms with van der Waals surface area (Å²) in [5.41, 5.74) is 2.77. The first-order chi connectivity index (χ1) is 19.5. The van der Waals surface area contributed by atoms with Crippen LogP contribution in [0.2, 0.25) is 0 Å². The number of carbonyl (C=O) groups excluding carboxylic acids is 2. The number of unbranched alkanes of at least 4 members (excludes halogenated alkanes) is 1. The van der Waals surface area contributed by atoms with Gasteiger partial charge in [0.15, 0.2) is 0 Å². The average molecular weight is 645 g/mol. The lowest BCUT2D eigenvalue weighted by Crippen LogP contribution is -2.53. The van der Waals surface area contributed by atoms with Gasteiger partial charge >= 0.3 is 0 Å². The van der Waals surface area contributed by atoms with E-state index in [1.165, 1.54) is 12.0 Å². The topological polar surface area (TPSA) is 96.0 Å². The van der Waals surface area contributed by atoms with Crippen LogP contribution in [0.25, 0.3) is 0 Å². The van der Waals surface area contributed by atoms with Gasteiger partial charge in [0.2, 0.25) is 21.8 Å². The quantitative estimate of drug-likeness (QED) is 0.247. The molecular weight excluding hydrogens is 606 g/mol. The zero-order valence-electron chi connectivity index (χ0n) is 24.0. The first-order valence-electron chi connectivity index (χ1n) is 13.5. The molecule has 1 N–H and O–H groups in total. The Balaban J connectivity index is 2.07. The third-order valence-electron chi connectivity index (χ3n) is 6.65. The molecule has 0 aromatic heterocycles. The van der Waals surface area contributed by atoms with Gasteiger partial charge in [0.05, 0.1) is 19.1 Å². The van der Waals surface area contributed by atoms with Crippen LogP contribution in [0.5, 0.6) is 5.75 Å². The smallest absolute Gasteiger partial charge is 0.244 e. The molecule has 41 heavy (non-hydrogen) atoms. The van der Waals surface area contributed by atoms with Gasteiger partial charge < -0.3 is 15.0 Å². The maximum atomic E-state index is 14.2. The van der Waals surface area contributed by atoms with E-state index in [9.17, 15) is 18.0 Å². The minimum absolute atomic E-state index is 0.118. The van der Waals surface area contributed by atoms with Gasteiger partial charge in [-0.05, 0) is 54.3 Å². The molecule has 3 aromatic carbocycles. The lowest BCUT2D eigenvalue weighted by atomic mass is 10.0. The summed E-state index contributed by atoms with van der Waals surface area (Å²) < 4.78 is 33.5. The second kappa shape index (κ2) is 15.0. The minimum Gasteiger partial charge on any atom is -0.495 e. The Morgan fingerprint density at radius 2 is 1.68 bits per heavy atom. The van der Waals surface area contributed by atoms with E-state index < -0.39 is 28.5 Å². The number of nitrogens with one attached hydrogen (secondary N) is 1. The van der Waals surface area contributed by atoms with E-state index in [2.05, 4.69) is 21.2 Å². The average Bonchev–Trinajstić information content (AvgIpc) is 2.94. The Kier molecular flexibility index (Phi) is 11.8. The molecule has 1 atom stereocenters. The summed E-state index contributed by atoms with van der Waals surface area (Å²) in [6, 6.07) is 21.2. The Hall–Kier alpha value is -3.37. The molecule has 0 spiro atoms. The number of amides is 2. The van der Waals surface area contributed by atoms with Gasteiger partial charge in [-0.15, -0.1) is 0 Å². The number of hydrogen-bond donors (Lipinski definition) is 1. The number of nitrogens with zero attached hydrogens (tertiary/aromatic N) is 2.